The quantitative estimate of drug-likeness (QED) is 0.224. The van der Waals surface area contributed by atoms with Gasteiger partial charge < -0.3 is 15.5 Å². The van der Waals surface area contributed by atoms with Crippen molar-refractivity contribution in [1.82, 2.24) is 19.8 Å². The van der Waals surface area contributed by atoms with Gasteiger partial charge in [-0.1, -0.05) is 13.3 Å². The van der Waals surface area contributed by atoms with Crippen molar-refractivity contribution in [3.8, 4) is 0 Å². The van der Waals surface area contributed by atoms with E-state index in [0.717, 1.165) is 32.2 Å². The van der Waals surface area contributed by atoms with Gasteiger partial charge in [0, 0.05) is 39.8 Å². The van der Waals surface area contributed by atoms with Crippen molar-refractivity contribution >= 4 is 45.9 Å². The fourth-order valence-electron chi connectivity index (χ4n) is 2.51. The van der Waals surface area contributed by atoms with Gasteiger partial charge in [0.05, 0.1) is 6.26 Å². The lowest BCUT2D eigenvalue weighted by atomic mass is 10.2. The summed E-state index contributed by atoms with van der Waals surface area (Å²) in [5, 5.41) is 6.37. The molecule has 0 spiro atoms. The van der Waals surface area contributed by atoms with E-state index in [4.69, 9.17) is 0 Å². The van der Waals surface area contributed by atoms with Crippen molar-refractivity contribution < 1.29 is 13.2 Å². The topological polar surface area (TPSA) is 94.1 Å². The van der Waals surface area contributed by atoms with E-state index >= 15 is 0 Å². The first-order chi connectivity index (χ1) is 11.3. The summed E-state index contributed by atoms with van der Waals surface area (Å²) >= 11 is 0. The number of amides is 1. The second-order valence-electron chi connectivity index (χ2n) is 6.28. The van der Waals surface area contributed by atoms with E-state index in [1.807, 2.05) is 0 Å². The van der Waals surface area contributed by atoms with Crippen LogP contribution in [0.4, 0.5) is 0 Å². The van der Waals surface area contributed by atoms with Crippen molar-refractivity contribution in [3.05, 3.63) is 0 Å². The molecule has 1 rings (SSSR count). The summed E-state index contributed by atoms with van der Waals surface area (Å²) in [6.45, 7) is 3.99. The van der Waals surface area contributed by atoms with Crippen LogP contribution in [0.15, 0.2) is 4.99 Å². The van der Waals surface area contributed by atoms with Crippen LogP contribution in [-0.4, -0.2) is 82.1 Å². The normalized spacial score (nSPS) is 18.6. The van der Waals surface area contributed by atoms with Gasteiger partial charge in [-0.3, -0.25) is 4.79 Å². The molecule has 1 fully saturated rings. The Hall–Kier alpha value is -0.620. The van der Waals surface area contributed by atoms with Crippen LogP contribution in [0.3, 0.4) is 0 Å². The van der Waals surface area contributed by atoms with Crippen molar-refractivity contribution in [2.45, 2.75) is 38.6 Å². The van der Waals surface area contributed by atoms with Gasteiger partial charge >= 0.3 is 0 Å². The first-order valence-corrected chi connectivity index (χ1v) is 10.3. The van der Waals surface area contributed by atoms with Gasteiger partial charge in [0.2, 0.25) is 15.9 Å². The lowest BCUT2D eigenvalue weighted by Gasteiger charge is -2.23. The van der Waals surface area contributed by atoms with E-state index in [-0.39, 0.29) is 42.5 Å². The fraction of sp³-hybridized carbons (Fsp3) is 0.867. The van der Waals surface area contributed by atoms with Crippen molar-refractivity contribution in [3.63, 3.8) is 0 Å². The van der Waals surface area contributed by atoms with Crippen LogP contribution >= 0.6 is 24.0 Å². The lowest BCUT2D eigenvalue weighted by molar-refractivity contribution is -0.127. The smallest absolute Gasteiger partial charge is 0.243 e. The monoisotopic (exact) mass is 489 g/mol. The number of hydrogen-bond acceptors (Lipinski definition) is 4. The Labute approximate surface area is 168 Å². The number of hydrogen-bond donors (Lipinski definition) is 2. The molecule has 1 aliphatic rings. The highest BCUT2D eigenvalue weighted by Crippen LogP contribution is 2.19. The van der Waals surface area contributed by atoms with Gasteiger partial charge in [-0.2, -0.15) is 4.31 Å². The molecule has 1 aliphatic heterocycles. The van der Waals surface area contributed by atoms with E-state index in [2.05, 4.69) is 22.5 Å². The third-order valence-corrected chi connectivity index (χ3v) is 5.28. The number of carbonyl (C=O) groups is 1. The number of nitrogens with zero attached hydrogens (tertiary/aromatic N) is 3. The average molecular weight is 489 g/mol. The molecule has 25 heavy (non-hydrogen) atoms. The summed E-state index contributed by atoms with van der Waals surface area (Å²) in [6.07, 6.45) is 5.01. The number of halogens is 1. The number of rotatable bonds is 8. The highest BCUT2D eigenvalue weighted by molar-refractivity contribution is 14.0. The summed E-state index contributed by atoms with van der Waals surface area (Å²) in [5.74, 6) is 0.476. The number of sulfonamides is 1. The molecule has 10 heteroatoms. The standard InChI is InChI=1S/C15H31N5O3S.HI/c1-5-6-9-16-15(18-12-14(21)19(2)3)17-11-13-8-7-10-20(13)24(4,22)23;/h13H,5-12H2,1-4H3,(H2,16,17,18);1H/t13-;/m1./s1. The van der Waals surface area contributed by atoms with E-state index in [9.17, 15) is 13.2 Å². The van der Waals surface area contributed by atoms with Gasteiger partial charge in [-0.15, -0.1) is 24.0 Å². The van der Waals surface area contributed by atoms with Crippen molar-refractivity contribution in [1.29, 1.82) is 0 Å². The van der Waals surface area contributed by atoms with Crippen LogP contribution in [-0.2, 0) is 14.8 Å². The van der Waals surface area contributed by atoms with Gasteiger partial charge in [0.1, 0.15) is 6.54 Å². The molecule has 1 amide bonds. The second kappa shape index (κ2) is 11.9. The van der Waals surface area contributed by atoms with Crippen LogP contribution in [0.1, 0.15) is 32.6 Å². The Morgan fingerprint density at radius 3 is 2.56 bits per heavy atom. The summed E-state index contributed by atoms with van der Waals surface area (Å²) in [4.78, 5) is 17.5. The molecule has 0 bridgehead atoms. The van der Waals surface area contributed by atoms with Crippen LogP contribution in [0, 0.1) is 0 Å². The summed E-state index contributed by atoms with van der Waals surface area (Å²) < 4.78 is 25.1. The molecule has 0 aromatic rings. The molecule has 0 aliphatic carbocycles. The Bertz CT molecular complexity index is 539. The molecule has 0 aromatic carbocycles. The highest BCUT2D eigenvalue weighted by atomic mass is 127. The maximum atomic E-state index is 11.8. The zero-order valence-electron chi connectivity index (χ0n) is 15.6. The summed E-state index contributed by atoms with van der Waals surface area (Å²) in [7, 11) is 0.200. The molecular formula is C15H32IN5O3S. The van der Waals surface area contributed by atoms with Gasteiger partial charge in [0.15, 0.2) is 5.96 Å². The van der Waals surface area contributed by atoms with Crippen LogP contribution in [0.5, 0.6) is 0 Å². The average Bonchev–Trinajstić information content (AvgIpc) is 2.97. The van der Waals surface area contributed by atoms with Crippen LogP contribution < -0.4 is 10.6 Å². The molecule has 0 radical (unpaired) electrons. The molecular weight excluding hydrogens is 457 g/mol. The van der Waals surface area contributed by atoms with Crippen LogP contribution in [0.25, 0.3) is 0 Å². The maximum Gasteiger partial charge on any atom is 0.243 e. The Balaban J connectivity index is 0.00000576. The number of carbonyl (C=O) groups excluding carboxylic acids is 1. The minimum Gasteiger partial charge on any atom is -0.356 e. The van der Waals surface area contributed by atoms with Gasteiger partial charge in [-0.25, -0.2) is 13.4 Å². The summed E-state index contributed by atoms with van der Waals surface area (Å²) in [6, 6.07) is -0.0669. The third kappa shape index (κ3) is 9.04. The summed E-state index contributed by atoms with van der Waals surface area (Å²) in [5.41, 5.74) is 0. The minimum atomic E-state index is -3.19. The van der Waals surface area contributed by atoms with E-state index in [1.54, 1.807) is 14.1 Å². The number of likely N-dealkylation sites (N-methyl/N-ethyl adjacent to an activating group) is 1. The molecule has 1 heterocycles. The molecule has 0 unspecified atom stereocenters. The highest BCUT2D eigenvalue weighted by Gasteiger charge is 2.31. The largest absolute Gasteiger partial charge is 0.356 e. The SMILES string of the molecule is CCCCNC(=NCC(=O)N(C)C)NC[C@H]1CCCN1S(C)(=O)=O.I. The van der Waals surface area contributed by atoms with Gasteiger partial charge in [0.25, 0.3) is 0 Å². The van der Waals surface area contributed by atoms with E-state index in [0.29, 0.717) is 19.0 Å². The molecule has 8 nitrogen and oxygen atoms in total. The fourth-order valence-corrected chi connectivity index (χ4v) is 3.69. The molecule has 0 aromatic heterocycles. The minimum absolute atomic E-state index is 0. The zero-order chi connectivity index (χ0) is 18.2. The first-order valence-electron chi connectivity index (χ1n) is 8.44. The van der Waals surface area contributed by atoms with E-state index < -0.39 is 10.0 Å². The van der Waals surface area contributed by atoms with Crippen molar-refractivity contribution in [2.75, 3.05) is 46.5 Å². The third-order valence-electron chi connectivity index (χ3n) is 3.95. The molecule has 2 N–H and O–H groups in total. The van der Waals surface area contributed by atoms with Crippen LogP contribution in [0.2, 0.25) is 0 Å². The van der Waals surface area contributed by atoms with E-state index in [1.165, 1.54) is 15.5 Å². The lowest BCUT2D eigenvalue weighted by Crippen LogP contribution is -2.46. The molecule has 148 valence electrons. The predicted molar refractivity (Wildman–Crippen MR) is 112 cm³/mol. The Morgan fingerprint density at radius 2 is 2.00 bits per heavy atom. The number of aliphatic imine (C=N–C) groups is 1. The number of nitrogens with one attached hydrogen (secondary N) is 2. The number of unbranched alkanes of at least 4 members (excludes halogenated alkanes) is 1. The molecule has 0 saturated carbocycles. The molecule has 1 atom stereocenters. The first kappa shape index (κ1) is 24.4. The van der Waals surface area contributed by atoms with Crippen molar-refractivity contribution in [2.24, 2.45) is 4.99 Å². The van der Waals surface area contributed by atoms with Gasteiger partial charge in [-0.05, 0) is 19.3 Å². The Morgan fingerprint density at radius 1 is 1.32 bits per heavy atom. The zero-order valence-corrected chi connectivity index (χ0v) is 18.8. The Kier molecular flexibility index (Phi) is 11.6. The number of guanidine groups is 1. The second-order valence-corrected chi connectivity index (χ2v) is 8.22. The molecule has 1 saturated heterocycles. The maximum absolute atomic E-state index is 11.8. The predicted octanol–water partition coefficient (Wildman–Crippen LogP) is 0.452.